The summed E-state index contributed by atoms with van der Waals surface area (Å²) < 4.78 is 5.74. The van der Waals surface area contributed by atoms with E-state index in [0.29, 0.717) is 30.4 Å². The van der Waals surface area contributed by atoms with Crippen LogP contribution in [0, 0.1) is 22.7 Å². The molecule has 2 aliphatic carbocycles. The van der Waals surface area contributed by atoms with Crippen LogP contribution in [-0.4, -0.2) is 23.3 Å². The first-order valence-electron chi connectivity index (χ1n) is 10.8. The van der Waals surface area contributed by atoms with Crippen molar-refractivity contribution >= 4 is 5.97 Å². The van der Waals surface area contributed by atoms with Crippen molar-refractivity contribution in [3.05, 3.63) is 36.5 Å². The van der Waals surface area contributed by atoms with Gasteiger partial charge < -0.3 is 9.84 Å². The van der Waals surface area contributed by atoms with Crippen molar-refractivity contribution in [2.45, 2.75) is 85.2 Å². The highest BCUT2D eigenvalue weighted by Gasteiger charge is 2.54. The van der Waals surface area contributed by atoms with E-state index in [-0.39, 0.29) is 16.8 Å². The summed E-state index contributed by atoms with van der Waals surface area (Å²) in [7, 11) is 0. The quantitative estimate of drug-likeness (QED) is 0.331. The van der Waals surface area contributed by atoms with E-state index < -0.39 is 5.60 Å². The summed E-state index contributed by atoms with van der Waals surface area (Å²) in [5.74, 6) is 0.691. The van der Waals surface area contributed by atoms with Gasteiger partial charge in [-0.1, -0.05) is 44.6 Å². The predicted molar refractivity (Wildman–Crippen MR) is 116 cm³/mol. The summed E-state index contributed by atoms with van der Waals surface area (Å²) in [6.45, 7) is 18.9. The molecule has 0 aromatic heterocycles. The average molecular weight is 389 g/mol. The normalized spacial score (nSPS) is 35.6. The first-order valence-corrected chi connectivity index (χ1v) is 10.8. The molecule has 0 aromatic carbocycles. The molecule has 5 atom stereocenters. The molecule has 2 rings (SSSR count). The van der Waals surface area contributed by atoms with Gasteiger partial charge in [0.2, 0.25) is 0 Å². The smallest absolute Gasteiger partial charge is 0.333 e. The lowest BCUT2D eigenvalue weighted by Gasteiger charge is -2.58. The second-order valence-electron chi connectivity index (χ2n) is 9.96. The molecule has 2 fully saturated rings. The number of fused-ring (bicyclic) bond motifs is 1. The molecule has 28 heavy (non-hydrogen) atoms. The number of hydrogen-bond acceptors (Lipinski definition) is 3. The van der Waals surface area contributed by atoms with Crippen LogP contribution in [0.15, 0.2) is 36.5 Å². The number of ether oxygens (including phenoxy) is 1. The number of carbonyl (C=O) groups is 1. The molecule has 158 valence electrons. The van der Waals surface area contributed by atoms with Gasteiger partial charge in [-0.25, -0.2) is 4.79 Å². The van der Waals surface area contributed by atoms with Crippen molar-refractivity contribution in [2.24, 2.45) is 22.7 Å². The van der Waals surface area contributed by atoms with Gasteiger partial charge in [0.25, 0.3) is 0 Å². The molecule has 2 aliphatic rings. The number of esters is 1. The fourth-order valence-electron chi connectivity index (χ4n) is 5.79. The van der Waals surface area contributed by atoms with E-state index in [9.17, 15) is 9.90 Å². The Morgan fingerprint density at radius 2 is 2.07 bits per heavy atom. The van der Waals surface area contributed by atoms with Crippen molar-refractivity contribution in [1.29, 1.82) is 0 Å². The van der Waals surface area contributed by atoms with Crippen molar-refractivity contribution in [3.63, 3.8) is 0 Å². The summed E-state index contributed by atoms with van der Waals surface area (Å²) in [5.41, 5.74) is 1.30. The minimum atomic E-state index is -0.832. The zero-order valence-corrected chi connectivity index (χ0v) is 18.6. The lowest BCUT2D eigenvalue weighted by Crippen LogP contribution is -2.52. The molecule has 1 N–H and O–H groups in total. The van der Waals surface area contributed by atoms with Gasteiger partial charge in [0, 0.05) is 11.0 Å². The molecule has 0 saturated heterocycles. The zero-order valence-electron chi connectivity index (χ0n) is 18.6. The van der Waals surface area contributed by atoms with E-state index >= 15 is 0 Å². The Balaban J connectivity index is 2.20. The minimum absolute atomic E-state index is 0.00339. The Hall–Kier alpha value is -1.35. The lowest BCUT2D eigenvalue weighted by molar-refractivity contribution is -0.151. The average Bonchev–Trinajstić information content (AvgIpc) is 2.64. The van der Waals surface area contributed by atoms with Crippen LogP contribution in [0.3, 0.4) is 0 Å². The Kier molecular flexibility index (Phi) is 7.02. The second-order valence-corrected chi connectivity index (χ2v) is 9.96. The molecule has 0 aromatic rings. The van der Waals surface area contributed by atoms with Gasteiger partial charge in [-0.2, -0.15) is 0 Å². The van der Waals surface area contributed by atoms with E-state index in [2.05, 4.69) is 27.0 Å². The summed E-state index contributed by atoms with van der Waals surface area (Å²) >= 11 is 0. The first kappa shape index (κ1) is 22.9. The van der Waals surface area contributed by atoms with Crippen LogP contribution < -0.4 is 0 Å². The minimum Gasteiger partial charge on any atom is -0.462 e. The van der Waals surface area contributed by atoms with E-state index in [1.54, 1.807) is 6.08 Å². The molecule has 0 heterocycles. The predicted octanol–water partition coefficient (Wildman–Crippen LogP) is 5.99. The molecule has 3 nitrogen and oxygen atoms in total. The SMILES string of the molecule is C=C[C@](C)(O)CC[C@H]1C(=C)CC[C@H]2[C@@](C)(COC(=O)/C(C)=C/C)CCC[C@]12C. The van der Waals surface area contributed by atoms with Gasteiger partial charge >= 0.3 is 5.97 Å². The molecule has 0 spiro atoms. The number of hydrogen-bond donors (Lipinski definition) is 1. The van der Waals surface area contributed by atoms with E-state index in [0.717, 1.165) is 32.1 Å². The largest absolute Gasteiger partial charge is 0.462 e. The van der Waals surface area contributed by atoms with Crippen LogP contribution in [0.1, 0.15) is 79.6 Å². The molecule has 0 bridgehead atoms. The molecule has 0 aliphatic heterocycles. The van der Waals surface area contributed by atoms with Gasteiger partial charge in [-0.15, -0.1) is 6.58 Å². The number of aliphatic hydroxyl groups is 1. The van der Waals surface area contributed by atoms with Crippen LogP contribution in [0.5, 0.6) is 0 Å². The Morgan fingerprint density at radius 1 is 1.39 bits per heavy atom. The number of carbonyl (C=O) groups excluding carboxylic acids is 1. The highest BCUT2D eigenvalue weighted by atomic mass is 16.5. The number of rotatable bonds is 7. The van der Waals surface area contributed by atoms with Crippen molar-refractivity contribution in [2.75, 3.05) is 6.61 Å². The van der Waals surface area contributed by atoms with Gasteiger partial charge in [-0.3, -0.25) is 0 Å². The van der Waals surface area contributed by atoms with Crippen LogP contribution >= 0.6 is 0 Å². The molecule has 0 radical (unpaired) electrons. The fourth-order valence-corrected chi connectivity index (χ4v) is 5.79. The standard InChI is InChI=1S/C25H40O3/c1-8-18(3)22(26)28-17-23(5)14-10-15-25(7)20(13-16-24(6,27)9-2)19(4)11-12-21(23)25/h8-9,20-21,27H,2,4,10-17H2,1,3,5-7H3/b18-8+/t20-,21-,23+,24-,25+/m0/s1. The number of allylic oxidation sites excluding steroid dienone is 2. The highest BCUT2D eigenvalue weighted by molar-refractivity contribution is 5.87. The summed E-state index contributed by atoms with van der Waals surface area (Å²) in [4.78, 5) is 12.2. The van der Waals surface area contributed by atoms with Gasteiger partial charge in [0.15, 0.2) is 0 Å². The molecule has 0 amide bonds. The van der Waals surface area contributed by atoms with Gasteiger partial charge in [-0.05, 0) is 76.5 Å². The maximum atomic E-state index is 12.2. The van der Waals surface area contributed by atoms with E-state index in [4.69, 9.17) is 4.74 Å². The molecule has 2 saturated carbocycles. The highest BCUT2D eigenvalue weighted by Crippen LogP contribution is 2.62. The molecule has 0 unspecified atom stereocenters. The molecular formula is C25H40O3. The van der Waals surface area contributed by atoms with Crippen LogP contribution in [-0.2, 0) is 9.53 Å². The molecular weight excluding hydrogens is 348 g/mol. The van der Waals surface area contributed by atoms with Crippen molar-refractivity contribution < 1.29 is 14.6 Å². The van der Waals surface area contributed by atoms with Gasteiger partial charge in [0.05, 0.1) is 12.2 Å². The third-order valence-corrected chi connectivity index (χ3v) is 7.81. The second kappa shape index (κ2) is 8.57. The van der Waals surface area contributed by atoms with E-state index in [1.807, 2.05) is 26.8 Å². The Morgan fingerprint density at radius 3 is 2.68 bits per heavy atom. The Bertz CT molecular complexity index is 644. The molecule has 3 heteroatoms. The van der Waals surface area contributed by atoms with Crippen LogP contribution in [0.4, 0.5) is 0 Å². The van der Waals surface area contributed by atoms with E-state index in [1.165, 1.54) is 12.0 Å². The third-order valence-electron chi connectivity index (χ3n) is 7.81. The topological polar surface area (TPSA) is 46.5 Å². The summed E-state index contributed by atoms with van der Waals surface area (Å²) in [5, 5.41) is 10.4. The zero-order chi connectivity index (χ0) is 21.2. The maximum absolute atomic E-state index is 12.2. The Labute approximate surface area is 171 Å². The monoisotopic (exact) mass is 388 g/mol. The lowest BCUT2D eigenvalue weighted by atomic mass is 9.46. The van der Waals surface area contributed by atoms with Crippen molar-refractivity contribution in [3.8, 4) is 0 Å². The third kappa shape index (κ3) is 4.62. The van der Waals surface area contributed by atoms with Gasteiger partial charge in [0.1, 0.15) is 0 Å². The van der Waals surface area contributed by atoms with Crippen LogP contribution in [0.2, 0.25) is 0 Å². The van der Waals surface area contributed by atoms with Crippen molar-refractivity contribution in [1.82, 2.24) is 0 Å². The first-order chi connectivity index (χ1) is 13.0. The van der Waals surface area contributed by atoms with Crippen LogP contribution in [0.25, 0.3) is 0 Å². The summed E-state index contributed by atoms with van der Waals surface area (Å²) in [6.07, 6.45) is 10.6. The fraction of sp³-hybridized carbons (Fsp3) is 0.720. The summed E-state index contributed by atoms with van der Waals surface area (Å²) in [6, 6.07) is 0. The maximum Gasteiger partial charge on any atom is 0.333 e.